The van der Waals surface area contributed by atoms with Crippen LogP contribution in [0, 0.1) is 6.92 Å². The van der Waals surface area contributed by atoms with Crippen molar-refractivity contribution < 1.29 is 9.53 Å². The van der Waals surface area contributed by atoms with Gasteiger partial charge in [0.15, 0.2) is 0 Å². The molecule has 0 fully saturated rings. The maximum Gasteiger partial charge on any atom is 0.230 e. The lowest BCUT2D eigenvalue weighted by atomic mass is 10.2. The lowest BCUT2D eigenvalue weighted by molar-refractivity contribution is -0.118. The fourth-order valence-corrected chi connectivity index (χ4v) is 2.39. The summed E-state index contributed by atoms with van der Waals surface area (Å²) in [5, 5.41) is 2.88. The first-order chi connectivity index (χ1) is 9.49. The second-order valence-corrected chi connectivity index (χ2v) is 5.97. The number of hydrogen-bond acceptors (Lipinski definition) is 4. The highest BCUT2D eigenvalue weighted by atomic mass is 32.2. The van der Waals surface area contributed by atoms with E-state index in [1.54, 1.807) is 0 Å². The number of hydrogen-bond donors (Lipinski definition) is 2. The van der Waals surface area contributed by atoms with Crippen molar-refractivity contribution in [2.24, 2.45) is 0 Å². The molecule has 0 aliphatic heterocycles. The van der Waals surface area contributed by atoms with Crippen LogP contribution in [0.4, 0.5) is 5.69 Å². The van der Waals surface area contributed by atoms with Gasteiger partial charge >= 0.3 is 0 Å². The third-order valence-corrected chi connectivity index (χ3v) is 3.71. The second-order valence-electron chi connectivity index (χ2n) is 4.95. The van der Waals surface area contributed by atoms with E-state index in [-0.39, 0.29) is 12.0 Å². The molecule has 1 aromatic rings. The van der Waals surface area contributed by atoms with E-state index in [1.807, 2.05) is 39.0 Å². The number of carbonyl (C=O) groups excluding carboxylic acids is 1. The number of aryl methyl sites for hydroxylation is 1. The minimum atomic E-state index is 0.0273. The van der Waals surface area contributed by atoms with Gasteiger partial charge in [0, 0.05) is 23.7 Å². The summed E-state index contributed by atoms with van der Waals surface area (Å²) in [6.45, 7) is 7.32. The third-order valence-electron chi connectivity index (χ3n) is 2.62. The maximum absolute atomic E-state index is 11.7. The van der Waals surface area contributed by atoms with Crippen molar-refractivity contribution in [3.8, 4) is 0 Å². The molecule has 0 spiro atoms. The molecule has 5 heteroatoms. The zero-order valence-corrected chi connectivity index (χ0v) is 13.3. The van der Waals surface area contributed by atoms with Crippen molar-refractivity contribution in [1.82, 2.24) is 5.32 Å². The summed E-state index contributed by atoms with van der Waals surface area (Å²) in [5.41, 5.74) is 7.76. The third kappa shape index (κ3) is 6.82. The Morgan fingerprint density at radius 3 is 2.85 bits per heavy atom. The molecule has 1 rings (SSSR count). The molecular weight excluding hydrogens is 272 g/mol. The summed E-state index contributed by atoms with van der Waals surface area (Å²) >= 11 is 1.46. The van der Waals surface area contributed by atoms with Gasteiger partial charge in [-0.3, -0.25) is 4.79 Å². The molecule has 0 atom stereocenters. The van der Waals surface area contributed by atoms with E-state index in [4.69, 9.17) is 10.5 Å². The van der Waals surface area contributed by atoms with Gasteiger partial charge in [-0.2, -0.15) is 0 Å². The Labute approximate surface area is 125 Å². The monoisotopic (exact) mass is 296 g/mol. The van der Waals surface area contributed by atoms with Crippen molar-refractivity contribution in [3.63, 3.8) is 0 Å². The SMILES string of the molecule is Cc1ccc(SCC(=O)NCCCOC(C)C)c(N)c1. The number of thioether (sulfide) groups is 1. The molecule has 4 nitrogen and oxygen atoms in total. The standard InChI is InChI=1S/C15H24N2O2S/c1-11(2)19-8-4-7-17-15(18)10-20-14-6-5-12(3)9-13(14)16/h5-6,9,11H,4,7-8,10,16H2,1-3H3,(H,17,18). The van der Waals surface area contributed by atoms with Gasteiger partial charge < -0.3 is 15.8 Å². The number of ether oxygens (including phenoxy) is 1. The van der Waals surface area contributed by atoms with Crippen LogP contribution in [-0.4, -0.2) is 30.9 Å². The molecule has 0 saturated carbocycles. The van der Waals surface area contributed by atoms with Crippen LogP contribution in [0.25, 0.3) is 0 Å². The van der Waals surface area contributed by atoms with Crippen molar-refractivity contribution in [1.29, 1.82) is 0 Å². The van der Waals surface area contributed by atoms with Crippen LogP contribution in [-0.2, 0) is 9.53 Å². The van der Waals surface area contributed by atoms with Gasteiger partial charge in [0.2, 0.25) is 5.91 Å². The Balaban J connectivity index is 2.19. The fourth-order valence-electron chi connectivity index (χ4n) is 1.61. The summed E-state index contributed by atoms with van der Waals surface area (Å²) in [5.74, 6) is 0.415. The average Bonchev–Trinajstić information content (AvgIpc) is 2.37. The minimum absolute atomic E-state index is 0.0273. The largest absolute Gasteiger partial charge is 0.398 e. The van der Waals surface area contributed by atoms with Gasteiger partial charge in [0.05, 0.1) is 11.9 Å². The molecule has 0 saturated heterocycles. The molecular formula is C15H24N2O2S. The van der Waals surface area contributed by atoms with E-state index < -0.39 is 0 Å². The summed E-state index contributed by atoms with van der Waals surface area (Å²) in [7, 11) is 0. The smallest absolute Gasteiger partial charge is 0.230 e. The summed E-state index contributed by atoms with van der Waals surface area (Å²) in [4.78, 5) is 12.6. The van der Waals surface area contributed by atoms with Crippen LogP contribution >= 0.6 is 11.8 Å². The van der Waals surface area contributed by atoms with E-state index in [9.17, 15) is 4.79 Å². The summed E-state index contributed by atoms with van der Waals surface area (Å²) < 4.78 is 5.41. The van der Waals surface area contributed by atoms with E-state index in [1.165, 1.54) is 11.8 Å². The molecule has 1 amide bonds. The number of carbonyl (C=O) groups is 1. The highest BCUT2D eigenvalue weighted by molar-refractivity contribution is 8.00. The lowest BCUT2D eigenvalue weighted by Gasteiger charge is -2.09. The van der Waals surface area contributed by atoms with Crippen molar-refractivity contribution in [3.05, 3.63) is 23.8 Å². The Morgan fingerprint density at radius 2 is 2.20 bits per heavy atom. The number of nitrogens with one attached hydrogen (secondary N) is 1. The second kappa shape index (κ2) is 8.87. The molecule has 3 N–H and O–H groups in total. The first-order valence-corrected chi connectivity index (χ1v) is 7.85. The zero-order valence-electron chi connectivity index (χ0n) is 12.4. The predicted octanol–water partition coefficient (Wildman–Crippen LogP) is 2.60. The number of anilines is 1. The quantitative estimate of drug-likeness (QED) is 0.440. The fraction of sp³-hybridized carbons (Fsp3) is 0.533. The van der Waals surface area contributed by atoms with Crippen LogP contribution in [0.5, 0.6) is 0 Å². The first kappa shape index (κ1) is 16.9. The van der Waals surface area contributed by atoms with Gasteiger partial charge in [-0.15, -0.1) is 11.8 Å². The molecule has 0 heterocycles. The summed E-state index contributed by atoms with van der Waals surface area (Å²) in [6, 6.07) is 5.88. The van der Waals surface area contributed by atoms with Gasteiger partial charge in [0.1, 0.15) is 0 Å². The molecule has 1 aromatic carbocycles. The van der Waals surface area contributed by atoms with E-state index in [0.29, 0.717) is 18.9 Å². The van der Waals surface area contributed by atoms with E-state index >= 15 is 0 Å². The van der Waals surface area contributed by atoms with Gasteiger partial charge in [-0.05, 0) is 44.9 Å². The highest BCUT2D eigenvalue weighted by Crippen LogP contribution is 2.25. The Bertz CT molecular complexity index is 436. The van der Waals surface area contributed by atoms with Crippen LogP contribution in [0.2, 0.25) is 0 Å². The molecule has 0 radical (unpaired) electrons. The van der Waals surface area contributed by atoms with Crippen LogP contribution < -0.4 is 11.1 Å². The van der Waals surface area contributed by atoms with Gasteiger partial charge in [-0.1, -0.05) is 6.07 Å². The van der Waals surface area contributed by atoms with Crippen LogP contribution in [0.1, 0.15) is 25.8 Å². The molecule has 0 unspecified atom stereocenters. The predicted molar refractivity (Wildman–Crippen MR) is 85.0 cm³/mol. The number of nitrogens with two attached hydrogens (primary N) is 1. The maximum atomic E-state index is 11.7. The Kier molecular flexibility index (Phi) is 7.47. The number of amides is 1. The molecule has 0 bridgehead atoms. The van der Waals surface area contributed by atoms with Crippen LogP contribution in [0.3, 0.4) is 0 Å². The molecule has 0 aliphatic rings. The van der Waals surface area contributed by atoms with Crippen molar-refractivity contribution >= 4 is 23.4 Å². The molecule has 20 heavy (non-hydrogen) atoms. The van der Waals surface area contributed by atoms with Crippen molar-refractivity contribution in [2.75, 3.05) is 24.6 Å². The zero-order chi connectivity index (χ0) is 15.0. The number of rotatable bonds is 8. The normalized spacial score (nSPS) is 10.8. The molecule has 0 aliphatic carbocycles. The van der Waals surface area contributed by atoms with E-state index in [2.05, 4.69) is 5.32 Å². The average molecular weight is 296 g/mol. The topological polar surface area (TPSA) is 64.3 Å². The lowest BCUT2D eigenvalue weighted by Crippen LogP contribution is -2.27. The highest BCUT2D eigenvalue weighted by Gasteiger charge is 2.05. The van der Waals surface area contributed by atoms with Gasteiger partial charge in [-0.25, -0.2) is 0 Å². The Morgan fingerprint density at radius 1 is 1.45 bits per heavy atom. The van der Waals surface area contributed by atoms with Crippen molar-refractivity contribution in [2.45, 2.75) is 38.2 Å². The van der Waals surface area contributed by atoms with E-state index in [0.717, 1.165) is 22.6 Å². The number of benzene rings is 1. The van der Waals surface area contributed by atoms with Crippen LogP contribution in [0.15, 0.2) is 23.1 Å². The van der Waals surface area contributed by atoms with Gasteiger partial charge in [0.25, 0.3) is 0 Å². The molecule has 0 aromatic heterocycles. The Hall–Kier alpha value is -1.20. The first-order valence-electron chi connectivity index (χ1n) is 6.86. The summed E-state index contributed by atoms with van der Waals surface area (Å²) in [6.07, 6.45) is 1.08. The minimum Gasteiger partial charge on any atom is -0.398 e. The molecule has 112 valence electrons. The number of nitrogen functional groups attached to an aromatic ring is 1.